The van der Waals surface area contributed by atoms with Crippen molar-refractivity contribution in [3.63, 3.8) is 0 Å². The van der Waals surface area contributed by atoms with Crippen LogP contribution in [0.5, 0.6) is 0 Å². The zero-order valence-corrected chi connectivity index (χ0v) is 24.1. The summed E-state index contributed by atoms with van der Waals surface area (Å²) < 4.78 is 4.33. The second-order valence-electron chi connectivity index (χ2n) is 11.2. The monoisotopic (exact) mass is 562 g/mol. The summed E-state index contributed by atoms with van der Waals surface area (Å²) in [6.07, 6.45) is 5.74. The third kappa shape index (κ3) is 4.36. The molecule has 1 spiro atoms. The zero-order valence-electron chi connectivity index (χ0n) is 23.3. The number of benzene rings is 2. The van der Waals surface area contributed by atoms with Crippen LogP contribution in [0.4, 0.5) is 5.69 Å². The van der Waals surface area contributed by atoms with E-state index in [1.165, 1.54) is 0 Å². The SMILES string of the molecule is C=CCCOC(=O)[C@H]1[C@H]2C(=O)N([C@@H](CC)CO)C(C(=O)N(CC=C)c3ccc4ccccc4c3)C23CC[C@]1(C)S3. The molecule has 1 N–H and O–H groups in total. The van der Waals surface area contributed by atoms with Crippen LogP contribution in [-0.2, 0) is 19.1 Å². The van der Waals surface area contributed by atoms with Gasteiger partial charge in [0.05, 0.1) is 35.8 Å². The van der Waals surface area contributed by atoms with Crippen molar-refractivity contribution in [1.29, 1.82) is 0 Å². The van der Waals surface area contributed by atoms with Gasteiger partial charge >= 0.3 is 5.97 Å². The van der Waals surface area contributed by atoms with Gasteiger partial charge in [-0.05, 0) is 55.5 Å². The maximum absolute atomic E-state index is 14.7. The molecule has 0 aliphatic carbocycles. The number of carbonyl (C=O) groups excluding carboxylic acids is 3. The Morgan fingerprint density at radius 1 is 1.20 bits per heavy atom. The van der Waals surface area contributed by atoms with E-state index in [0.29, 0.717) is 25.7 Å². The van der Waals surface area contributed by atoms with E-state index in [9.17, 15) is 19.5 Å². The van der Waals surface area contributed by atoms with Crippen LogP contribution in [0.15, 0.2) is 67.8 Å². The number of aliphatic hydroxyl groups excluding tert-OH is 1. The van der Waals surface area contributed by atoms with Gasteiger partial charge in [0.25, 0.3) is 5.91 Å². The Balaban J connectivity index is 1.59. The predicted molar refractivity (Wildman–Crippen MR) is 159 cm³/mol. The third-order valence-electron chi connectivity index (χ3n) is 8.97. The Morgan fingerprint density at radius 2 is 1.95 bits per heavy atom. The van der Waals surface area contributed by atoms with E-state index in [4.69, 9.17) is 4.74 Å². The van der Waals surface area contributed by atoms with E-state index in [1.807, 2.05) is 56.3 Å². The smallest absolute Gasteiger partial charge is 0.311 e. The molecule has 3 aliphatic heterocycles. The molecule has 0 aromatic heterocycles. The van der Waals surface area contributed by atoms with Crippen molar-refractivity contribution in [2.24, 2.45) is 11.8 Å². The number of esters is 1. The fraction of sp³-hybridized carbons (Fsp3) is 0.469. The van der Waals surface area contributed by atoms with Crippen LogP contribution in [0.1, 0.15) is 39.5 Å². The fourth-order valence-electron chi connectivity index (χ4n) is 7.08. The predicted octanol–water partition coefficient (Wildman–Crippen LogP) is 4.73. The number of fused-ring (bicyclic) bond motifs is 2. The summed E-state index contributed by atoms with van der Waals surface area (Å²) in [6, 6.07) is 12.5. The molecule has 0 radical (unpaired) electrons. The summed E-state index contributed by atoms with van der Waals surface area (Å²) in [5.74, 6) is -2.19. The van der Waals surface area contributed by atoms with Gasteiger partial charge in [0, 0.05) is 17.0 Å². The molecule has 0 saturated carbocycles. The molecule has 6 atom stereocenters. The van der Waals surface area contributed by atoms with Crippen molar-refractivity contribution in [2.75, 3.05) is 24.7 Å². The highest BCUT2D eigenvalue weighted by atomic mass is 32.2. The van der Waals surface area contributed by atoms with Crippen LogP contribution >= 0.6 is 11.8 Å². The first-order valence-corrected chi connectivity index (χ1v) is 14.9. The maximum Gasteiger partial charge on any atom is 0.311 e. The Hall–Kier alpha value is -3.10. The lowest BCUT2D eigenvalue weighted by atomic mass is 9.66. The van der Waals surface area contributed by atoms with Crippen molar-refractivity contribution in [2.45, 2.75) is 61.1 Å². The molecular formula is C32H38N2O5S. The highest BCUT2D eigenvalue weighted by Crippen LogP contribution is 2.71. The summed E-state index contributed by atoms with van der Waals surface area (Å²) in [5, 5.41) is 12.4. The molecule has 2 aromatic carbocycles. The maximum atomic E-state index is 14.7. The van der Waals surface area contributed by atoms with Gasteiger partial charge in [-0.25, -0.2) is 0 Å². The number of nitrogens with zero attached hydrogens (tertiary/aromatic N) is 2. The minimum atomic E-state index is -0.827. The lowest BCUT2D eigenvalue weighted by molar-refractivity contribution is -0.156. The van der Waals surface area contributed by atoms with Gasteiger partial charge in [0.15, 0.2) is 0 Å². The average molecular weight is 563 g/mol. The van der Waals surface area contributed by atoms with E-state index in [2.05, 4.69) is 13.2 Å². The number of ether oxygens (including phenoxy) is 1. The molecule has 212 valence electrons. The summed E-state index contributed by atoms with van der Waals surface area (Å²) in [4.78, 5) is 45.8. The van der Waals surface area contributed by atoms with Gasteiger partial charge in [-0.15, -0.1) is 24.9 Å². The number of amides is 2. The quantitative estimate of drug-likeness (QED) is 0.242. The van der Waals surface area contributed by atoms with Crippen LogP contribution in [0, 0.1) is 11.8 Å². The topological polar surface area (TPSA) is 87.1 Å². The van der Waals surface area contributed by atoms with Gasteiger partial charge < -0.3 is 19.6 Å². The number of anilines is 1. The second kappa shape index (κ2) is 11.1. The molecule has 3 fully saturated rings. The van der Waals surface area contributed by atoms with E-state index < -0.39 is 33.4 Å². The van der Waals surface area contributed by atoms with Crippen molar-refractivity contribution >= 4 is 46.0 Å². The third-order valence-corrected chi connectivity index (χ3v) is 11.0. The number of aliphatic hydroxyl groups is 1. The molecule has 2 bridgehead atoms. The van der Waals surface area contributed by atoms with Crippen LogP contribution in [0.25, 0.3) is 10.8 Å². The van der Waals surface area contributed by atoms with E-state index in [0.717, 1.165) is 16.5 Å². The molecule has 3 heterocycles. The normalized spacial score (nSPS) is 29.3. The standard InChI is InChI=1S/C32H38N2O5S/c1-5-8-18-39-30(38)26-25-28(36)34(23(7-3)20-35)27(32(25)16-15-31(26,4)40-32)29(37)33(17-6-2)24-14-13-21-11-9-10-12-22(21)19-24/h5-6,9-14,19,23,25-27,35H,1-2,7-8,15-18,20H2,3-4H3/t23-,25-,26+,27?,31-,32?/m0/s1. The molecule has 3 aliphatic rings. The molecule has 5 rings (SSSR count). The van der Waals surface area contributed by atoms with Gasteiger partial charge in [-0.1, -0.05) is 49.4 Å². The summed E-state index contributed by atoms with van der Waals surface area (Å²) in [7, 11) is 0. The lowest BCUT2D eigenvalue weighted by Crippen LogP contribution is -2.57. The molecule has 7 nitrogen and oxygen atoms in total. The first-order valence-electron chi connectivity index (χ1n) is 14.1. The number of thioether (sulfide) groups is 1. The van der Waals surface area contributed by atoms with E-state index in [1.54, 1.807) is 33.7 Å². The lowest BCUT2D eigenvalue weighted by Gasteiger charge is -2.39. The number of carbonyl (C=O) groups is 3. The molecule has 2 amide bonds. The molecule has 2 unspecified atom stereocenters. The Bertz CT molecular complexity index is 1340. The number of rotatable bonds is 11. The highest BCUT2D eigenvalue weighted by molar-refractivity contribution is 8.02. The highest BCUT2D eigenvalue weighted by Gasteiger charge is 2.78. The largest absolute Gasteiger partial charge is 0.465 e. The van der Waals surface area contributed by atoms with Crippen LogP contribution in [0.2, 0.25) is 0 Å². The van der Waals surface area contributed by atoms with Crippen LogP contribution < -0.4 is 4.90 Å². The molecule has 40 heavy (non-hydrogen) atoms. The van der Waals surface area contributed by atoms with E-state index in [-0.39, 0.29) is 37.5 Å². The summed E-state index contributed by atoms with van der Waals surface area (Å²) >= 11 is 1.60. The average Bonchev–Trinajstić information content (AvgIpc) is 3.53. The first kappa shape index (κ1) is 28.4. The van der Waals surface area contributed by atoms with Crippen LogP contribution in [-0.4, -0.2) is 69.1 Å². The minimum absolute atomic E-state index is 0.211. The Morgan fingerprint density at radius 3 is 2.62 bits per heavy atom. The van der Waals surface area contributed by atoms with Crippen LogP contribution in [0.3, 0.4) is 0 Å². The van der Waals surface area contributed by atoms with Crippen molar-refractivity contribution in [3.05, 3.63) is 67.8 Å². The Kier molecular flexibility index (Phi) is 7.86. The van der Waals surface area contributed by atoms with Crippen molar-refractivity contribution in [1.82, 2.24) is 4.90 Å². The van der Waals surface area contributed by atoms with Crippen molar-refractivity contribution in [3.8, 4) is 0 Å². The molecule has 2 aromatic rings. The first-order chi connectivity index (χ1) is 19.3. The fourth-order valence-corrected chi connectivity index (χ4v) is 9.41. The number of hydrogen-bond donors (Lipinski definition) is 1. The Labute approximate surface area is 240 Å². The van der Waals surface area contributed by atoms with E-state index >= 15 is 0 Å². The molecule has 8 heteroatoms. The number of hydrogen-bond acceptors (Lipinski definition) is 6. The van der Waals surface area contributed by atoms with Gasteiger partial charge in [0.1, 0.15) is 6.04 Å². The second-order valence-corrected chi connectivity index (χ2v) is 13.1. The summed E-state index contributed by atoms with van der Waals surface area (Å²) in [5.41, 5.74) is 0.719. The zero-order chi connectivity index (χ0) is 28.7. The van der Waals surface area contributed by atoms with Gasteiger partial charge in [-0.3, -0.25) is 14.4 Å². The summed E-state index contributed by atoms with van der Waals surface area (Å²) in [6.45, 7) is 11.7. The molecule has 3 saturated heterocycles. The van der Waals surface area contributed by atoms with Gasteiger partial charge in [-0.2, -0.15) is 0 Å². The molecular weight excluding hydrogens is 524 g/mol. The van der Waals surface area contributed by atoms with Crippen molar-refractivity contribution < 1.29 is 24.2 Å². The van der Waals surface area contributed by atoms with Gasteiger partial charge in [0.2, 0.25) is 5.91 Å². The minimum Gasteiger partial charge on any atom is -0.465 e. The number of likely N-dealkylation sites (tertiary alicyclic amines) is 1.